The molecule has 106 valence electrons. The van der Waals surface area contributed by atoms with Crippen LogP contribution in [0.4, 0.5) is 11.4 Å². The molecule has 1 aromatic heterocycles. The van der Waals surface area contributed by atoms with Crippen LogP contribution in [0.15, 0.2) is 30.6 Å². The highest BCUT2D eigenvalue weighted by Crippen LogP contribution is 2.32. The number of piperidine rings is 1. The summed E-state index contributed by atoms with van der Waals surface area (Å²) in [5.41, 5.74) is 8.07. The summed E-state index contributed by atoms with van der Waals surface area (Å²) in [6, 6.07) is 6.14. The molecule has 0 spiro atoms. The van der Waals surface area contributed by atoms with Gasteiger partial charge in [0.25, 0.3) is 0 Å². The summed E-state index contributed by atoms with van der Waals surface area (Å²) in [6.45, 7) is 4.87. The van der Waals surface area contributed by atoms with Crippen molar-refractivity contribution in [2.24, 2.45) is 0 Å². The lowest BCUT2D eigenvalue weighted by atomic mass is 10.0. The van der Waals surface area contributed by atoms with Crippen molar-refractivity contribution in [3.8, 4) is 0 Å². The first-order valence-electron chi connectivity index (χ1n) is 7.28. The fourth-order valence-corrected chi connectivity index (χ4v) is 3.00. The van der Waals surface area contributed by atoms with Gasteiger partial charge in [0.2, 0.25) is 0 Å². The first-order chi connectivity index (χ1) is 9.79. The number of nitrogens with zero attached hydrogens (tertiary/aromatic N) is 2. The van der Waals surface area contributed by atoms with E-state index in [9.17, 15) is 0 Å². The van der Waals surface area contributed by atoms with E-state index in [0.717, 1.165) is 37.2 Å². The van der Waals surface area contributed by atoms with E-state index in [1.165, 1.54) is 17.5 Å². The van der Waals surface area contributed by atoms with E-state index in [0.29, 0.717) is 6.10 Å². The van der Waals surface area contributed by atoms with Crippen LogP contribution in [0.5, 0.6) is 0 Å². The SMILES string of the molecule is CCOC1CCCN(c2ccc(N)c3cnccc23)C1. The Morgan fingerprint density at radius 2 is 2.25 bits per heavy atom. The Kier molecular flexibility index (Phi) is 3.74. The van der Waals surface area contributed by atoms with Crippen LogP contribution in [0.25, 0.3) is 10.8 Å². The van der Waals surface area contributed by atoms with E-state index in [-0.39, 0.29) is 0 Å². The molecule has 2 heterocycles. The number of anilines is 2. The normalized spacial score (nSPS) is 19.4. The lowest BCUT2D eigenvalue weighted by Gasteiger charge is -2.35. The van der Waals surface area contributed by atoms with Crippen molar-refractivity contribution in [1.82, 2.24) is 4.98 Å². The summed E-state index contributed by atoms with van der Waals surface area (Å²) in [5.74, 6) is 0. The molecule has 0 radical (unpaired) electrons. The number of nitrogen functional groups attached to an aromatic ring is 1. The van der Waals surface area contributed by atoms with Gasteiger partial charge in [-0.05, 0) is 38.0 Å². The number of hydrogen-bond donors (Lipinski definition) is 1. The molecular weight excluding hydrogens is 250 g/mol. The van der Waals surface area contributed by atoms with Gasteiger partial charge in [-0.15, -0.1) is 0 Å². The number of fused-ring (bicyclic) bond motifs is 1. The number of benzene rings is 1. The second-order valence-corrected chi connectivity index (χ2v) is 5.26. The van der Waals surface area contributed by atoms with Crippen molar-refractivity contribution >= 4 is 22.1 Å². The van der Waals surface area contributed by atoms with Crippen molar-refractivity contribution in [2.75, 3.05) is 30.3 Å². The predicted octanol–water partition coefficient (Wildman–Crippen LogP) is 2.82. The highest BCUT2D eigenvalue weighted by molar-refractivity contribution is 6.00. The van der Waals surface area contributed by atoms with Gasteiger partial charge in [0, 0.05) is 54.2 Å². The van der Waals surface area contributed by atoms with E-state index in [2.05, 4.69) is 22.9 Å². The highest BCUT2D eigenvalue weighted by Gasteiger charge is 2.21. The number of pyridine rings is 1. The fourth-order valence-electron chi connectivity index (χ4n) is 3.00. The standard InChI is InChI=1S/C16H21N3O/c1-2-20-12-4-3-9-19(11-12)16-6-5-15(17)14-10-18-8-7-13(14)16/h5-8,10,12H,2-4,9,11,17H2,1H3. The van der Waals surface area contributed by atoms with Crippen LogP contribution in [0, 0.1) is 0 Å². The number of aromatic nitrogens is 1. The Morgan fingerprint density at radius 1 is 1.35 bits per heavy atom. The maximum atomic E-state index is 6.05. The van der Waals surface area contributed by atoms with Crippen LogP contribution in [-0.4, -0.2) is 30.8 Å². The van der Waals surface area contributed by atoms with Gasteiger partial charge in [-0.2, -0.15) is 0 Å². The molecule has 1 atom stereocenters. The zero-order chi connectivity index (χ0) is 13.9. The minimum absolute atomic E-state index is 0.336. The fraction of sp³-hybridized carbons (Fsp3) is 0.438. The van der Waals surface area contributed by atoms with Crippen LogP contribution in [-0.2, 0) is 4.74 Å². The highest BCUT2D eigenvalue weighted by atomic mass is 16.5. The summed E-state index contributed by atoms with van der Waals surface area (Å²) in [5, 5.41) is 2.21. The van der Waals surface area contributed by atoms with Gasteiger partial charge in [0.15, 0.2) is 0 Å². The molecule has 0 bridgehead atoms. The second-order valence-electron chi connectivity index (χ2n) is 5.26. The first kappa shape index (κ1) is 13.2. The van der Waals surface area contributed by atoms with E-state index >= 15 is 0 Å². The summed E-state index contributed by atoms with van der Waals surface area (Å²) in [6.07, 6.45) is 6.33. The molecule has 3 rings (SSSR count). The van der Waals surface area contributed by atoms with Crippen molar-refractivity contribution < 1.29 is 4.74 Å². The van der Waals surface area contributed by atoms with Gasteiger partial charge in [-0.3, -0.25) is 4.98 Å². The zero-order valence-electron chi connectivity index (χ0n) is 11.9. The Balaban J connectivity index is 1.95. The van der Waals surface area contributed by atoms with Gasteiger partial charge in [0.05, 0.1) is 6.10 Å². The van der Waals surface area contributed by atoms with Gasteiger partial charge < -0.3 is 15.4 Å². The number of nitrogens with two attached hydrogens (primary N) is 1. The second kappa shape index (κ2) is 5.67. The molecule has 20 heavy (non-hydrogen) atoms. The van der Waals surface area contributed by atoms with Gasteiger partial charge in [0.1, 0.15) is 0 Å². The van der Waals surface area contributed by atoms with Gasteiger partial charge >= 0.3 is 0 Å². The first-order valence-corrected chi connectivity index (χ1v) is 7.28. The minimum atomic E-state index is 0.336. The molecule has 0 aliphatic carbocycles. The Bertz CT molecular complexity index is 597. The molecule has 0 amide bonds. The molecule has 1 fully saturated rings. The van der Waals surface area contributed by atoms with Crippen molar-refractivity contribution in [3.63, 3.8) is 0 Å². The smallest absolute Gasteiger partial charge is 0.0750 e. The average molecular weight is 271 g/mol. The maximum Gasteiger partial charge on any atom is 0.0750 e. The molecule has 1 unspecified atom stereocenters. The van der Waals surface area contributed by atoms with Crippen LogP contribution in [0.3, 0.4) is 0 Å². The minimum Gasteiger partial charge on any atom is -0.398 e. The summed E-state index contributed by atoms with van der Waals surface area (Å²) < 4.78 is 5.79. The van der Waals surface area contributed by atoms with E-state index in [1.807, 2.05) is 24.5 Å². The van der Waals surface area contributed by atoms with E-state index in [4.69, 9.17) is 10.5 Å². The van der Waals surface area contributed by atoms with Crippen LogP contribution in [0.2, 0.25) is 0 Å². The third kappa shape index (κ3) is 2.43. The lowest BCUT2D eigenvalue weighted by molar-refractivity contribution is 0.0527. The third-order valence-electron chi connectivity index (χ3n) is 3.95. The Morgan fingerprint density at radius 3 is 3.10 bits per heavy atom. The summed E-state index contributed by atoms with van der Waals surface area (Å²) >= 11 is 0. The molecule has 1 aliphatic rings. The topological polar surface area (TPSA) is 51.4 Å². The van der Waals surface area contributed by atoms with Crippen LogP contribution >= 0.6 is 0 Å². The average Bonchev–Trinajstić information content (AvgIpc) is 2.49. The largest absolute Gasteiger partial charge is 0.398 e. The molecular formula is C16H21N3O. The number of ether oxygens (including phenoxy) is 1. The molecule has 1 aliphatic heterocycles. The maximum absolute atomic E-state index is 6.05. The molecule has 1 aromatic carbocycles. The molecule has 2 N–H and O–H groups in total. The van der Waals surface area contributed by atoms with Crippen molar-refractivity contribution in [3.05, 3.63) is 30.6 Å². The lowest BCUT2D eigenvalue weighted by Crippen LogP contribution is -2.39. The molecule has 4 heteroatoms. The monoisotopic (exact) mass is 271 g/mol. The zero-order valence-corrected chi connectivity index (χ0v) is 11.9. The predicted molar refractivity (Wildman–Crippen MR) is 83.0 cm³/mol. The van der Waals surface area contributed by atoms with Gasteiger partial charge in [-0.1, -0.05) is 0 Å². The van der Waals surface area contributed by atoms with Crippen LogP contribution < -0.4 is 10.6 Å². The number of rotatable bonds is 3. The Labute approximate surface area is 119 Å². The molecule has 1 saturated heterocycles. The van der Waals surface area contributed by atoms with Crippen molar-refractivity contribution in [2.45, 2.75) is 25.9 Å². The van der Waals surface area contributed by atoms with E-state index in [1.54, 1.807) is 0 Å². The van der Waals surface area contributed by atoms with Gasteiger partial charge in [-0.25, -0.2) is 0 Å². The molecule has 2 aromatic rings. The molecule has 4 nitrogen and oxygen atoms in total. The summed E-state index contributed by atoms with van der Waals surface area (Å²) in [7, 11) is 0. The van der Waals surface area contributed by atoms with E-state index < -0.39 is 0 Å². The molecule has 0 saturated carbocycles. The Hall–Kier alpha value is -1.81. The van der Waals surface area contributed by atoms with Crippen LogP contribution in [0.1, 0.15) is 19.8 Å². The van der Waals surface area contributed by atoms with Crippen molar-refractivity contribution in [1.29, 1.82) is 0 Å². The third-order valence-corrected chi connectivity index (χ3v) is 3.95. The quantitative estimate of drug-likeness (QED) is 0.872. The summed E-state index contributed by atoms with van der Waals surface area (Å²) in [4.78, 5) is 6.59. The number of hydrogen-bond acceptors (Lipinski definition) is 4.